The fourth-order valence-corrected chi connectivity index (χ4v) is 1.93. The molecule has 2 rings (SSSR count). The first-order valence-electron chi connectivity index (χ1n) is 5.69. The van der Waals surface area contributed by atoms with Crippen LogP contribution in [0, 0.1) is 5.82 Å². The van der Waals surface area contributed by atoms with Crippen LogP contribution in [0.4, 0.5) is 10.1 Å². The number of nitrogens with two attached hydrogens (primary N) is 1. The van der Waals surface area contributed by atoms with Crippen LogP contribution in [0.2, 0.25) is 0 Å². The molecule has 1 heterocycles. The predicted molar refractivity (Wildman–Crippen MR) is 67.0 cm³/mol. The van der Waals surface area contributed by atoms with Crippen LogP contribution in [0.5, 0.6) is 0 Å². The third kappa shape index (κ3) is 2.30. The van der Waals surface area contributed by atoms with Gasteiger partial charge in [-0.2, -0.15) is 5.10 Å². The molecule has 0 radical (unpaired) electrons. The van der Waals surface area contributed by atoms with Crippen LogP contribution in [0.15, 0.2) is 24.4 Å². The van der Waals surface area contributed by atoms with Crippen molar-refractivity contribution in [2.24, 2.45) is 7.05 Å². The van der Waals surface area contributed by atoms with Crippen molar-refractivity contribution in [3.8, 4) is 11.1 Å². The van der Waals surface area contributed by atoms with Gasteiger partial charge in [0.25, 0.3) is 0 Å². The van der Waals surface area contributed by atoms with Crippen LogP contribution >= 0.6 is 0 Å². The average molecular weight is 233 g/mol. The molecule has 0 amide bonds. The predicted octanol–water partition coefficient (Wildman–Crippen LogP) is 2.76. The van der Waals surface area contributed by atoms with E-state index < -0.39 is 0 Å². The molecule has 4 heteroatoms. The largest absolute Gasteiger partial charge is 0.399 e. The number of hydrogen-bond donors (Lipinski definition) is 1. The van der Waals surface area contributed by atoms with E-state index in [2.05, 4.69) is 12.0 Å². The van der Waals surface area contributed by atoms with Gasteiger partial charge >= 0.3 is 0 Å². The normalized spacial score (nSPS) is 10.8. The van der Waals surface area contributed by atoms with Gasteiger partial charge < -0.3 is 5.73 Å². The third-order valence-electron chi connectivity index (χ3n) is 2.67. The van der Waals surface area contributed by atoms with Crippen molar-refractivity contribution in [1.29, 1.82) is 0 Å². The van der Waals surface area contributed by atoms with Gasteiger partial charge in [-0.05, 0) is 24.6 Å². The molecule has 0 aliphatic carbocycles. The van der Waals surface area contributed by atoms with Gasteiger partial charge in [0.15, 0.2) is 0 Å². The van der Waals surface area contributed by atoms with Gasteiger partial charge in [0.05, 0.1) is 5.69 Å². The van der Waals surface area contributed by atoms with Crippen molar-refractivity contribution in [2.75, 3.05) is 5.73 Å². The molecule has 0 fully saturated rings. The van der Waals surface area contributed by atoms with Crippen molar-refractivity contribution < 1.29 is 4.39 Å². The molecule has 1 aromatic heterocycles. The smallest absolute Gasteiger partial charge is 0.131 e. The number of aromatic nitrogens is 2. The Morgan fingerprint density at radius 2 is 2.12 bits per heavy atom. The molecule has 1 aromatic carbocycles. The van der Waals surface area contributed by atoms with Gasteiger partial charge in [-0.3, -0.25) is 4.68 Å². The van der Waals surface area contributed by atoms with E-state index in [0.717, 1.165) is 24.1 Å². The Labute approximate surface area is 100 Å². The van der Waals surface area contributed by atoms with Crippen LogP contribution in [-0.4, -0.2) is 9.78 Å². The molecule has 2 aromatic rings. The van der Waals surface area contributed by atoms with E-state index in [0.29, 0.717) is 11.3 Å². The summed E-state index contributed by atoms with van der Waals surface area (Å²) in [7, 11) is 1.84. The lowest BCUT2D eigenvalue weighted by Crippen LogP contribution is -1.93. The number of nitrogen functional groups attached to an aromatic ring is 1. The first-order valence-corrected chi connectivity index (χ1v) is 5.69. The number of anilines is 1. The van der Waals surface area contributed by atoms with Crippen molar-refractivity contribution in [1.82, 2.24) is 9.78 Å². The van der Waals surface area contributed by atoms with Crippen molar-refractivity contribution in [2.45, 2.75) is 19.8 Å². The Kier molecular flexibility index (Phi) is 3.13. The van der Waals surface area contributed by atoms with E-state index in [4.69, 9.17) is 5.73 Å². The highest BCUT2D eigenvalue weighted by Gasteiger charge is 2.13. The molecular formula is C13H16FN3. The molecule has 2 N–H and O–H groups in total. The zero-order chi connectivity index (χ0) is 12.4. The summed E-state index contributed by atoms with van der Waals surface area (Å²) in [5.74, 6) is -0.260. The van der Waals surface area contributed by atoms with E-state index in [1.165, 1.54) is 6.07 Å². The maximum atomic E-state index is 13.8. The molecule has 90 valence electrons. The van der Waals surface area contributed by atoms with Crippen molar-refractivity contribution >= 4 is 5.69 Å². The van der Waals surface area contributed by atoms with Gasteiger partial charge in [0.2, 0.25) is 0 Å². The fourth-order valence-electron chi connectivity index (χ4n) is 1.93. The maximum absolute atomic E-state index is 13.8. The second kappa shape index (κ2) is 4.57. The summed E-state index contributed by atoms with van der Waals surface area (Å²) < 4.78 is 15.5. The van der Waals surface area contributed by atoms with E-state index in [1.54, 1.807) is 16.8 Å². The van der Waals surface area contributed by atoms with E-state index in [1.807, 2.05) is 13.2 Å². The number of nitrogens with zero attached hydrogens (tertiary/aromatic N) is 2. The summed E-state index contributed by atoms with van der Waals surface area (Å²) in [6.45, 7) is 2.08. The highest BCUT2D eigenvalue weighted by Crippen LogP contribution is 2.28. The molecule has 0 spiro atoms. The van der Waals surface area contributed by atoms with Crippen LogP contribution in [0.25, 0.3) is 11.1 Å². The molecular weight excluding hydrogens is 217 g/mol. The zero-order valence-corrected chi connectivity index (χ0v) is 10.1. The topological polar surface area (TPSA) is 43.8 Å². The molecule has 0 saturated heterocycles. The quantitative estimate of drug-likeness (QED) is 0.828. The summed E-state index contributed by atoms with van der Waals surface area (Å²) in [6.07, 6.45) is 3.65. The number of hydrogen-bond acceptors (Lipinski definition) is 2. The third-order valence-corrected chi connectivity index (χ3v) is 2.67. The van der Waals surface area contributed by atoms with E-state index >= 15 is 0 Å². The lowest BCUT2D eigenvalue weighted by Gasteiger charge is -2.04. The molecule has 17 heavy (non-hydrogen) atoms. The van der Waals surface area contributed by atoms with E-state index in [9.17, 15) is 4.39 Å². The summed E-state index contributed by atoms with van der Waals surface area (Å²) in [5, 5.41) is 4.36. The number of rotatable bonds is 3. The van der Waals surface area contributed by atoms with Gasteiger partial charge in [0.1, 0.15) is 5.82 Å². The SMILES string of the molecule is CCCc1nn(C)cc1-c1cc(N)ccc1F. The molecule has 3 nitrogen and oxygen atoms in total. The number of halogens is 1. The van der Waals surface area contributed by atoms with Crippen LogP contribution in [0.1, 0.15) is 19.0 Å². The second-order valence-electron chi connectivity index (χ2n) is 4.15. The minimum Gasteiger partial charge on any atom is -0.399 e. The Hall–Kier alpha value is -1.84. The first-order chi connectivity index (χ1) is 8.11. The molecule has 0 aliphatic rings. The number of benzene rings is 1. The summed E-state index contributed by atoms with van der Waals surface area (Å²) >= 11 is 0. The Morgan fingerprint density at radius 1 is 1.35 bits per heavy atom. The van der Waals surface area contributed by atoms with Crippen LogP contribution < -0.4 is 5.73 Å². The van der Waals surface area contributed by atoms with Gasteiger partial charge in [0, 0.05) is 30.1 Å². The van der Waals surface area contributed by atoms with Gasteiger partial charge in [-0.1, -0.05) is 13.3 Å². The Morgan fingerprint density at radius 3 is 2.82 bits per heavy atom. The molecule has 0 bridgehead atoms. The lowest BCUT2D eigenvalue weighted by molar-refractivity contribution is 0.631. The van der Waals surface area contributed by atoms with Crippen molar-refractivity contribution in [3.63, 3.8) is 0 Å². The van der Waals surface area contributed by atoms with E-state index in [-0.39, 0.29) is 5.82 Å². The molecule has 0 saturated carbocycles. The maximum Gasteiger partial charge on any atom is 0.131 e. The van der Waals surface area contributed by atoms with Crippen LogP contribution in [-0.2, 0) is 13.5 Å². The van der Waals surface area contributed by atoms with Crippen LogP contribution in [0.3, 0.4) is 0 Å². The number of aryl methyl sites for hydroxylation is 2. The lowest BCUT2D eigenvalue weighted by atomic mass is 10.0. The minimum absolute atomic E-state index is 0.260. The molecule has 0 aliphatic heterocycles. The minimum atomic E-state index is -0.260. The fraction of sp³-hybridized carbons (Fsp3) is 0.308. The molecule has 0 unspecified atom stereocenters. The first kappa shape index (κ1) is 11.6. The van der Waals surface area contributed by atoms with Gasteiger partial charge in [-0.25, -0.2) is 4.39 Å². The van der Waals surface area contributed by atoms with Gasteiger partial charge in [-0.15, -0.1) is 0 Å². The Bertz CT molecular complexity index is 531. The second-order valence-corrected chi connectivity index (χ2v) is 4.15. The highest BCUT2D eigenvalue weighted by atomic mass is 19.1. The monoisotopic (exact) mass is 233 g/mol. The Balaban J connectivity index is 2.55. The zero-order valence-electron chi connectivity index (χ0n) is 10.1. The summed E-state index contributed by atoms with van der Waals surface area (Å²) in [6, 6.07) is 4.62. The standard InChI is InChI=1S/C13H16FN3/c1-3-4-13-11(8-17(2)16-13)10-7-9(15)5-6-12(10)14/h5-8H,3-4,15H2,1-2H3. The summed E-state index contributed by atoms with van der Waals surface area (Å²) in [4.78, 5) is 0. The highest BCUT2D eigenvalue weighted by molar-refractivity contribution is 5.69. The summed E-state index contributed by atoms with van der Waals surface area (Å²) in [5.41, 5.74) is 8.54. The average Bonchev–Trinajstić information content (AvgIpc) is 2.64. The molecule has 0 atom stereocenters. The van der Waals surface area contributed by atoms with Crippen molar-refractivity contribution in [3.05, 3.63) is 35.9 Å².